The van der Waals surface area contributed by atoms with Crippen molar-refractivity contribution in [3.05, 3.63) is 86.6 Å². The van der Waals surface area contributed by atoms with Crippen LogP contribution in [0.1, 0.15) is 69.1 Å². The fourth-order valence-corrected chi connectivity index (χ4v) is 21.8. The van der Waals surface area contributed by atoms with Crippen molar-refractivity contribution < 1.29 is 42.6 Å². The fourth-order valence-electron chi connectivity index (χ4n) is 5.74. The number of hydrogen-bond donors (Lipinski definition) is 0. The number of para-hydroxylation sites is 1. The molecule has 0 bridgehead atoms. The zero-order valence-corrected chi connectivity index (χ0v) is 40.8. The second kappa shape index (κ2) is 21.7. The summed E-state index contributed by atoms with van der Waals surface area (Å²) in [5.74, 6) is 0.460. The molecule has 4 rings (SSSR count). The Balaban J connectivity index is 0.000000787. The van der Waals surface area contributed by atoms with Crippen LogP contribution in [0.4, 0.5) is 5.69 Å². The van der Waals surface area contributed by atoms with E-state index in [0.29, 0.717) is 17.4 Å². The predicted octanol–water partition coefficient (Wildman–Crippen LogP) is 12.4. The molecular formula is C39H68N3O2Si4Y. The molecule has 10 heteroatoms. The largest absolute Gasteiger partial charge is 3.00 e. The summed E-state index contributed by atoms with van der Waals surface area (Å²) in [6.45, 7) is 38.1. The summed E-state index contributed by atoms with van der Waals surface area (Å²) in [7, 11) is -4.42. The zero-order chi connectivity index (χ0) is 36.9. The van der Waals surface area contributed by atoms with Crippen molar-refractivity contribution in [2.75, 3.05) is 13.2 Å². The molecule has 5 nitrogen and oxygen atoms in total. The van der Waals surface area contributed by atoms with Gasteiger partial charge in [-0.15, -0.1) is 0 Å². The molecule has 1 saturated heterocycles. The molecule has 0 aromatic heterocycles. The summed E-state index contributed by atoms with van der Waals surface area (Å²) in [6, 6.07) is 20.0. The van der Waals surface area contributed by atoms with Gasteiger partial charge in [-0.25, -0.2) is 0 Å². The standard InChI is InChI=1S/C23H25NO.2C6H18NSi2.C4H8O.Y/c1-15(2)18-12-8-13-19(16(3)4)22(18)24-23(25)21-14-7-10-17-9-5-6-11-20(17)21;2*1-8(2,3)7-9(4,5)6;1-2-4-5-3-1;/h5-16H,1-4H3,(H,24,25);2*1-6H3;1-4H2;/q;2*-1;;+3/p-1. The molecule has 49 heavy (non-hydrogen) atoms. The minimum Gasteiger partial charge on any atom is -0.858 e. The molecule has 0 radical (unpaired) electrons. The van der Waals surface area contributed by atoms with Crippen molar-refractivity contribution in [3.8, 4) is 0 Å². The Bertz CT molecular complexity index is 1330. The number of ether oxygens (including phenoxy) is 1. The van der Waals surface area contributed by atoms with E-state index in [1.165, 1.54) is 12.8 Å². The molecule has 1 aliphatic rings. The summed E-state index contributed by atoms with van der Waals surface area (Å²) in [6.07, 6.45) is 2.56. The van der Waals surface area contributed by atoms with Gasteiger partial charge < -0.3 is 19.1 Å². The van der Waals surface area contributed by atoms with E-state index in [-0.39, 0.29) is 38.6 Å². The van der Waals surface area contributed by atoms with Gasteiger partial charge in [0.25, 0.3) is 0 Å². The van der Waals surface area contributed by atoms with Crippen molar-refractivity contribution in [1.29, 1.82) is 0 Å². The molecule has 1 aliphatic heterocycles. The summed E-state index contributed by atoms with van der Waals surface area (Å²) in [5, 5.41) is 15.0. The van der Waals surface area contributed by atoms with Crippen LogP contribution < -0.4 is 5.11 Å². The van der Waals surface area contributed by atoms with Gasteiger partial charge in [0.2, 0.25) is 0 Å². The Morgan fingerprint density at radius 2 is 1.00 bits per heavy atom. The third-order valence-electron chi connectivity index (χ3n) is 6.74. The van der Waals surface area contributed by atoms with Gasteiger partial charge in [-0.1, -0.05) is 200 Å². The Morgan fingerprint density at radius 1 is 0.612 bits per heavy atom. The maximum atomic E-state index is 13.0. The Labute approximate surface area is 331 Å². The van der Waals surface area contributed by atoms with E-state index in [1.54, 1.807) is 0 Å². The van der Waals surface area contributed by atoms with Crippen molar-refractivity contribution in [1.82, 2.24) is 0 Å². The van der Waals surface area contributed by atoms with Crippen LogP contribution in [0.25, 0.3) is 20.1 Å². The van der Waals surface area contributed by atoms with E-state index in [0.717, 1.165) is 40.8 Å². The molecule has 0 amide bonds. The van der Waals surface area contributed by atoms with Crippen molar-refractivity contribution in [2.45, 2.75) is 131 Å². The summed E-state index contributed by atoms with van der Waals surface area (Å²) < 4.78 is 14.6. The predicted molar refractivity (Wildman–Crippen MR) is 225 cm³/mol. The topological polar surface area (TPSA) is 72.8 Å². The summed E-state index contributed by atoms with van der Waals surface area (Å²) in [4.78, 5) is 4.58. The normalized spacial score (nSPS) is 13.9. The van der Waals surface area contributed by atoms with Crippen LogP contribution in [0.3, 0.4) is 0 Å². The molecule has 0 unspecified atom stereocenters. The molecule has 0 saturated carbocycles. The van der Waals surface area contributed by atoms with E-state index >= 15 is 0 Å². The van der Waals surface area contributed by atoms with Gasteiger partial charge in [-0.2, -0.15) is 0 Å². The van der Waals surface area contributed by atoms with Gasteiger partial charge in [0.1, 0.15) is 0 Å². The third-order valence-corrected chi connectivity index (χ3v) is 17.5. The van der Waals surface area contributed by atoms with Crippen molar-refractivity contribution in [3.63, 3.8) is 0 Å². The van der Waals surface area contributed by atoms with Crippen LogP contribution >= 0.6 is 0 Å². The second-order valence-corrected chi connectivity index (χ2v) is 36.4. The summed E-state index contributed by atoms with van der Waals surface area (Å²) >= 11 is 0. The molecule has 270 valence electrons. The number of benzene rings is 3. The maximum absolute atomic E-state index is 13.0. The summed E-state index contributed by atoms with van der Waals surface area (Å²) in [5.41, 5.74) is 3.75. The average Bonchev–Trinajstić information content (AvgIpc) is 3.50. The van der Waals surface area contributed by atoms with Gasteiger partial charge in [0.05, 0.1) is 5.69 Å². The molecular weight excluding hydrogens is 744 g/mol. The fraction of sp³-hybridized carbons (Fsp3) is 0.564. The Morgan fingerprint density at radius 3 is 1.35 bits per heavy atom. The van der Waals surface area contributed by atoms with Crippen molar-refractivity contribution >= 4 is 55.3 Å². The molecule has 0 aliphatic carbocycles. The van der Waals surface area contributed by atoms with E-state index < -0.39 is 32.9 Å². The molecule has 0 atom stereocenters. The molecule has 3 aromatic carbocycles. The van der Waals surface area contributed by atoms with Crippen LogP contribution in [0, 0.1) is 0 Å². The smallest absolute Gasteiger partial charge is 0.858 e. The molecule has 1 heterocycles. The van der Waals surface area contributed by atoms with E-state index in [2.05, 4.69) is 129 Å². The Hall–Kier alpha value is -0.759. The van der Waals surface area contributed by atoms with Crippen LogP contribution in [0.5, 0.6) is 0 Å². The first-order valence-corrected chi connectivity index (χ1v) is 31.6. The van der Waals surface area contributed by atoms with Gasteiger partial charge in [-0.05, 0) is 58.0 Å². The maximum Gasteiger partial charge on any atom is 3.00 e. The van der Waals surface area contributed by atoms with E-state index in [1.807, 2.05) is 42.5 Å². The van der Waals surface area contributed by atoms with Gasteiger partial charge in [0.15, 0.2) is 0 Å². The van der Waals surface area contributed by atoms with E-state index in [4.69, 9.17) is 14.0 Å². The first-order chi connectivity index (χ1) is 21.9. The average molecular weight is 812 g/mol. The van der Waals surface area contributed by atoms with Gasteiger partial charge >= 0.3 is 32.7 Å². The van der Waals surface area contributed by atoms with Crippen LogP contribution in [-0.2, 0) is 37.4 Å². The quantitative estimate of drug-likeness (QED) is 0.129. The van der Waals surface area contributed by atoms with Gasteiger partial charge in [-0.3, -0.25) is 4.99 Å². The number of nitrogens with zero attached hydrogens (tertiary/aromatic N) is 3. The molecule has 0 spiro atoms. The van der Waals surface area contributed by atoms with Crippen LogP contribution in [0.2, 0.25) is 78.6 Å². The van der Waals surface area contributed by atoms with Crippen LogP contribution in [0.15, 0.2) is 65.7 Å². The number of hydrogen-bond acceptors (Lipinski definition) is 3. The minimum atomic E-state index is -1.11. The molecule has 1 fully saturated rings. The third kappa shape index (κ3) is 21.4. The van der Waals surface area contributed by atoms with Gasteiger partial charge in [0, 0.05) is 13.2 Å². The zero-order valence-electron chi connectivity index (χ0n) is 34.0. The Kier molecular flexibility index (Phi) is 21.4. The minimum absolute atomic E-state index is 0. The SMILES string of the molecule is C1CCOC1.CC(C)c1cccc(C(C)C)c1N=C([O-])c1cccc2ccccc12.C[Si](C)(C)[N-][Si](C)(C)C.C[Si](C)(C)[N-][Si](C)(C)C.[Y+3]. The van der Waals surface area contributed by atoms with E-state index in [9.17, 15) is 5.11 Å². The first-order valence-electron chi connectivity index (χ1n) is 17.8. The molecule has 0 N–H and O–H groups in total. The number of aliphatic imine (C=N–C) groups is 1. The van der Waals surface area contributed by atoms with Crippen molar-refractivity contribution in [2.24, 2.45) is 4.99 Å². The monoisotopic (exact) mass is 811 g/mol. The van der Waals surface area contributed by atoms with Crippen LogP contribution in [-0.4, -0.2) is 52.1 Å². The number of fused-ring (bicyclic) bond motifs is 1. The first kappa shape index (κ1) is 48.2. The number of rotatable bonds is 8. The second-order valence-electron chi connectivity index (χ2n) is 17.3. The molecule has 3 aromatic rings.